The quantitative estimate of drug-likeness (QED) is 0.228. The number of amides is 1. The summed E-state index contributed by atoms with van der Waals surface area (Å²) in [5, 5.41) is 23.1. The van der Waals surface area contributed by atoms with Gasteiger partial charge in [0.05, 0.1) is 24.1 Å². The van der Waals surface area contributed by atoms with Gasteiger partial charge in [-0.1, -0.05) is 6.07 Å². The van der Waals surface area contributed by atoms with Crippen LogP contribution in [0.3, 0.4) is 0 Å². The van der Waals surface area contributed by atoms with Gasteiger partial charge in [0.25, 0.3) is 0 Å². The summed E-state index contributed by atoms with van der Waals surface area (Å²) in [6.45, 7) is 4.58. The number of anilines is 1. The van der Waals surface area contributed by atoms with E-state index in [1.807, 2.05) is 53.8 Å². The summed E-state index contributed by atoms with van der Waals surface area (Å²) in [5.41, 5.74) is 8.18. The van der Waals surface area contributed by atoms with E-state index in [9.17, 15) is 14.7 Å². The van der Waals surface area contributed by atoms with Gasteiger partial charge in [0, 0.05) is 30.9 Å². The Morgan fingerprint density at radius 2 is 1.97 bits per heavy atom. The van der Waals surface area contributed by atoms with Crippen LogP contribution < -0.4 is 16.4 Å². The number of nitrogens with zero attached hydrogens (tertiary/aromatic N) is 3. The zero-order valence-electron chi connectivity index (χ0n) is 20.8. The maximum absolute atomic E-state index is 13.6. The molecule has 0 aliphatic carbocycles. The zero-order valence-corrected chi connectivity index (χ0v) is 20.8. The van der Waals surface area contributed by atoms with E-state index in [2.05, 4.69) is 10.6 Å². The van der Waals surface area contributed by atoms with Gasteiger partial charge in [0.15, 0.2) is 0 Å². The summed E-state index contributed by atoms with van der Waals surface area (Å²) in [6, 6.07) is 13.1. The molecule has 3 aromatic rings. The van der Waals surface area contributed by atoms with Crippen molar-refractivity contribution in [2.75, 3.05) is 18.4 Å². The molecular formula is C26H33N7O3. The molecule has 2 heterocycles. The van der Waals surface area contributed by atoms with Gasteiger partial charge in [-0.15, -0.1) is 0 Å². The third-order valence-electron chi connectivity index (χ3n) is 7.03. The molecular weight excluding hydrogens is 458 g/mol. The predicted molar refractivity (Wildman–Crippen MR) is 139 cm³/mol. The molecule has 1 aliphatic rings. The molecule has 10 nitrogen and oxygen atoms in total. The number of rotatable bonds is 9. The number of imidazole rings is 1. The largest absolute Gasteiger partial charge is 0.480 e. The monoisotopic (exact) mass is 491 g/mol. The highest BCUT2D eigenvalue weighted by Gasteiger charge is 2.41. The van der Waals surface area contributed by atoms with Crippen molar-refractivity contribution in [3.8, 4) is 0 Å². The number of carboxylic acids is 1. The molecule has 1 amide bonds. The number of carboxylic acid groups (broad SMARTS) is 1. The zero-order chi connectivity index (χ0) is 26.0. The van der Waals surface area contributed by atoms with E-state index in [1.54, 1.807) is 19.1 Å². The van der Waals surface area contributed by atoms with Crippen LogP contribution in [0.1, 0.15) is 43.6 Å². The van der Waals surface area contributed by atoms with Gasteiger partial charge in [0.2, 0.25) is 5.91 Å². The van der Waals surface area contributed by atoms with Gasteiger partial charge in [-0.25, -0.2) is 4.98 Å². The van der Waals surface area contributed by atoms with Gasteiger partial charge in [-0.05, 0) is 68.7 Å². The summed E-state index contributed by atoms with van der Waals surface area (Å²) < 4.78 is 1.99. The number of fused-ring (bicyclic) bond motifs is 1. The van der Waals surface area contributed by atoms with E-state index in [0.29, 0.717) is 24.2 Å². The number of nitrogens with two attached hydrogens (primary N) is 1. The lowest BCUT2D eigenvalue weighted by Gasteiger charge is -2.35. The van der Waals surface area contributed by atoms with E-state index in [0.717, 1.165) is 35.4 Å². The number of hydrogen-bond acceptors (Lipinski definition) is 6. The number of nitrogens with one attached hydrogen (secondary N) is 3. The summed E-state index contributed by atoms with van der Waals surface area (Å²) in [5.74, 6) is -0.320. The van der Waals surface area contributed by atoms with Crippen LogP contribution in [0.4, 0.5) is 5.69 Å². The first-order chi connectivity index (χ1) is 17.1. The summed E-state index contributed by atoms with van der Waals surface area (Å²) >= 11 is 0. The maximum Gasteiger partial charge on any atom is 0.317 e. The predicted octanol–water partition coefficient (Wildman–Crippen LogP) is 2.37. The Morgan fingerprint density at radius 3 is 2.58 bits per heavy atom. The lowest BCUT2D eigenvalue weighted by atomic mass is 9.89. The van der Waals surface area contributed by atoms with E-state index in [1.165, 1.54) is 0 Å². The average Bonchev–Trinajstić information content (AvgIpc) is 3.43. The van der Waals surface area contributed by atoms with Crippen LogP contribution in [0.15, 0.2) is 42.5 Å². The van der Waals surface area contributed by atoms with Crippen molar-refractivity contribution in [2.24, 2.45) is 12.8 Å². The Labute approximate surface area is 210 Å². The van der Waals surface area contributed by atoms with Gasteiger partial charge >= 0.3 is 5.97 Å². The second-order valence-corrected chi connectivity index (χ2v) is 9.50. The molecule has 2 aromatic carbocycles. The third-order valence-corrected chi connectivity index (χ3v) is 7.03. The van der Waals surface area contributed by atoms with Crippen LogP contribution >= 0.6 is 0 Å². The normalized spacial score (nSPS) is 17.2. The minimum absolute atomic E-state index is 0.0234. The number of aryl methyl sites for hydroxylation is 1. The smallest absolute Gasteiger partial charge is 0.317 e. The molecule has 0 saturated carbocycles. The minimum atomic E-state index is -1.19. The van der Waals surface area contributed by atoms with E-state index >= 15 is 0 Å². The summed E-state index contributed by atoms with van der Waals surface area (Å²) in [6.07, 6.45) is 1.88. The number of aromatic nitrogens is 2. The Hall–Kier alpha value is -3.92. The highest BCUT2D eigenvalue weighted by Crippen LogP contribution is 2.30. The van der Waals surface area contributed by atoms with Gasteiger partial charge in [-0.3, -0.25) is 20.3 Å². The lowest BCUT2D eigenvalue weighted by molar-refractivity contribution is -0.140. The van der Waals surface area contributed by atoms with Crippen molar-refractivity contribution >= 4 is 34.4 Å². The molecule has 1 aromatic heterocycles. The Kier molecular flexibility index (Phi) is 6.98. The van der Waals surface area contributed by atoms with E-state index < -0.39 is 11.5 Å². The van der Waals surface area contributed by atoms with Crippen LogP contribution in [0.25, 0.3) is 11.0 Å². The van der Waals surface area contributed by atoms with Crippen molar-refractivity contribution in [1.82, 2.24) is 19.8 Å². The molecule has 0 bridgehead atoms. The molecule has 1 aliphatic heterocycles. The fourth-order valence-corrected chi connectivity index (χ4v) is 4.74. The van der Waals surface area contributed by atoms with Crippen LogP contribution in [0.2, 0.25) is 0 Å². The number of aliphatic carboxylic acids is 1. The lowest BCUT2D eigenvalue weighted by Crippen LogP contribution is -2.55. The third kappa shape index (κ3) is 4.90. The van der Waals surface area contributed by atoms with Crippen LogP contribution in [0, 0.1) is 5.41 Å². The number of carbonyl (C=O) groups is 2. The van der Waals surface area contributed by atoms with Crippen LogP contribution in [-0.4, -0.2) is 56.4 Å². The highest BCUT2D eigenvalue weighted by atomic mass is 16.4. The molecule has 36 heavy (non-hydrogen) atoms. The summed E-state index contributed by atoms with van der Waals surface area (Å²) in [7, 11) is 1.93. The second-order valence-electron chi connectivity index (χ2n) is 9.50. The SMILES string of the molecule is C[C@H]1CCCN1C(=O)C(C)(NCC(=O)O)c1ccc2c(c1)nc(CNc1ccc(C(=N)N)cc1)n2C. The molecule has 1 fully saturated rings. The van der Waals surface area contributed by atoms with Crippen molar-refractivity contribution in [3.05, 3.63) is 59.4 Å². The number of likely N-dealkylation sites (tertiary alicyclic amines) is 1. The Morgan fingerprint density at radius 1 is 1.25 bits per heavy atom. The number of nitrogen functional groups attached to an aromatic ring is 1. The first-order valence-corrected chi connectivity index (χ1v) is 12.0. The molecule has 1 unspecified atom stereocenters. The van der Waals surface area contributed by atoms with Gasteiger partial charge < -0.3 is 25.6 Å². The van der Waals surface area contributed by atoms with E-state index in [4.69, 9.17) is 16.1 Å². The molecule has 6 N–H and O–H groups in total. The van der Waals surface area contributed by atoms with Crippen molar-refractivity contribution < 1.29 is 14.7 Å². The van der Waals surface area contributed by atoms with E-state index in [-0.39, 0.29) is 24.3 Å². The molecule has 190 valence electrons. The fraction of sp³-hybridized carbons (Fsp3) is 0.385. The van der Waals surface area contributed by atoms with Crippen molar-refractivity contribution in [1.29, 1.82) is 5.41 Å². The maximum atomic E-state index is 13.6. The van der Waals surface area contributed by atoms with Crippen molar-refractivity contribution in [2.45, 2.75) is 44.8 Å². The number of carbonyl (C=O) groups excluding carboxylic acids is 1. The van der Waals surface area contributed by atoms with Crippen molar-refractivity contribution in [3.63, 3.8) is 0 Å². The molecule has 1 saturated heterocycles. The molecule has 10 heteroatoms. The first kappa shape index (κ1) is 25.2. The Bertz CT molecular complexity index is 1300. The molecule has 2 atom stereocenters. The molecule has 0 radical (unpaired) electrons. The number of hydrogen-bond donors (Lipinski definition) is 5. The topological polar surface area (TPSA) is 149 Å². The fourth-order valence-electron chi connectivity index (χ4n) is 4.74. The average molecular weight is 492 g/mol. The molecule has 0 spiro atoms. The highest BCUT2D eigenvalue weighted by molar-refractivity contribution is 5.95. The minimum Gasteiger partial charge on any atom is -0.480 e. The van der Waals surface area contributed by atoms with Crippen LogP contribution in [-0.2, 0) is 28.7 Å². The van der Waals surface area contributed by atoms with Crippen LogP contribution in [0.5, 0.6) is 0 Å². The number of benzene rings is 2. The summed E-state index contributed by atoms with van der Waals surface area (Å²) in [4.78, 5) is 31.6. The van der Waals surface area contributed by atoms with Gasteiger partial charge in [0.1, 0.15) is 17.2 Å². The standard InChI is InChI=1S/C26H33N7O3/c1-16-5-4-12-33(16)25(36)26(2,30-15-23(34)35)18-8-11-21-20(13-18)31-22(32(21)3)14-29-19-9-6-17(7-10-19)24(27)28/h6-11,13,16,29-30H,4-5,12,14-15H2,1-3H3,(H3,27,28)(H,34,35)/t16-,26?/m0/s1. The van der Waals surface area contributed by atoms with Gasteiger partial charge in [-0.2, -0.15) is 0 Å². The first-order valence-electron chi connectivity index (χ1n) is 12.0. The number of amidine groups is 1. The molecule has 4 rings (SSSR count). The Balaban J connectivity index is 1.61. The second kappa shape index (κ2) is 9.98.